The first-order chi connectivity index (χ1) is 8.56. The third kappa shape index (κ3) is 4.13. The van der Waals surface area contributed by atoms with Crippen LogP contribution < -0.4 is 0 Å². The standard InChI is InChI=1S/C14H20O4/c1-10-6-5-7-11(2)13(10)14(15)18-17-9-8-12(3)16-4/h5-7,12H,8-9H2,1-4H3. The fourth-order valence-electron chi connectivity index (χ4n) is 1.61. The van der Waals surface area contributed by atoms with Crippen LogP contribution in [0.3, 0.4) is 0 Å². The molecule has 0 saturated carbocycles. The van der Waals surface area contributed by atoms with Crippen LogP contribution >= 0.6 is 0 Å². The van der Waals surface area contributed by atoms with Crippen LogP contribution in [0.2, 0.25) is 0 Å². The van der Waals surface area contributed by atoms with Crippen molar-refractivity contribution in [1.29, 1.82) is 0 Å². The minimum absolute atomic E-state index is 0.0869. The molecule has 1 unspecified atom stereocenters. The van der Waals surface area contributed by atoms with Crippen molar-refractivity contribution in [2.45, 2.75) is 33.3 Å². The van der Waals surface area contributed by atoms with Crippen LogP contribution in [-0.2, 0) is 14.5 Å². The van der Waals surface area contributed by atoms with Crippen LogP contribution in [0.1, 0.15) is 34.8 Å². The normalized spacial score (nSPS) is 12.2. The van der Waals surface area contributed by atoms with Crippen LogP contribution in [0.15, 0.2) is 18.2 Å². The summed E-state index contributed by atoms with van der Waals surface area (Å²) in [5.41, 5.74) is 2.33. The molecule has 0 aliphatic rings. The van der Waals surface area contributed by atoms with Crippen LogP contribution in [0, 0.1) is 13.8 Å². The molecule has 0 bridgehead atoms. The predicted molar refractivity (Wildman–Crippen MR) is 68.4 cm³/mol. The van der Waals surface area contributed by atoms with Gasteiger partial charge in [0.1, 0.15) is 0 Å². The molecule has 0 aliphatic heterocycles. The van der Waals surface area contributed by atoms with Gasteiger partial charge in [-0.25, -0.2) is 4.79 Å². The number of aryl methyl sites for hydroxylation is 2. The molecule has 0 amide bonds. The van der Waals surface area contributed by atoms with Gasteiger partial charge in [-0.2, -0.15) is 4.89 Å². The lowest BCUT2D eigenvalue weighted by Crippen LogP contribution is -2.13. The lowest BCUT2D eigenvalue weighted by atomic mass is 10.0. The Bertz CT molecular complexity index is 381. The highest BCUT2D eigenvalue weighted by Crippen LogP contribution is 2.14. The van der Waals surface area contributed by atoms with E-state index in [0.717, 1.165) is 11.1 Å². The number of rotatable bonds is 6. The number of ether oxygens (including phenoxy) is 1. The van der Waals surface area contributed by atoms with E-state index in [2.05, 4.69) is 0 Å². The van der Waals surface area contributed by atoms with Gasteiger partial charge in [-0.3, -0.25) is 4.89 Å². The van der Waals surface area contributed by atoms with Gasteiger partial charge in [0, 0.05) is 13.5 Å². The smallest absolute Gasteiger partial charge is 0.373 e. The summed E-state index contributed by atoms with van der Waals surface area (Å²) >= 11 is 0. The maximum absolute atomic E-state index is 11.8. The summed E-state index contributed by atoms with van der Waals surface area (Å²) in [4.78, 5) is 21.5. The lowest BCUT2D eigenvalue weighted by Gasteiger charge is -2.10. The topological polar surface area (TPSA) is 44.8 Å². The number of benzene rings is 1. The van der Waals surface area contributed by atoms with Crippen molar-refractivity contribution in [2.75, 3.05) is 13.7 Å². The van der Waals surface area contributed by atoms with Gasteiger partial charge in [0.2, 0.25) is 0 Å². The number of methoxy groups -OCH3 is 1. The van der Waals surface area contributed by atoms with Gasteiger partial charge in [0.15, 0.2) is 0 Å². The first-order valence-electron chi connectivity index (χ1n) is 5.99. The Morgan fingerprint density at radius 3 is 2.44 bits per heavy atom. The van der Waals surface area contributed by atoms with Crippen molar-refractivity contribution >= 4 is 5.97 Å². The van der Waals surface area contributed by atoms with E-state index in [4.69, 9.17) is 14.5 Å². The summed E-state index contributed by atoms with van der Waals surface area (Å²) < 4.78 is 5.06. The molecule has 1 aromatic rings. The molecule has 1 rings (SSSR count). The highest BCUT2D eigenvalue weighted by atomic mass is 17.2. The molecule has 0 radical (unpaired) electrons. The maximum atomic E-state index is 11.8. The average Bonchev–Trinajstić information content (AvgIpc) is 2.34. The Morgan fingerprint density at radius 2 is 1.89 bits per heavy atom. The van der Waals surface area contributed by atoms with E-state index in [9.17, 15) is 4.79 Å². The predicted octanol–water partition coefficient (Wildman–Crippen LogP) is 2.82. The molecule has 0 N–H and O–H groups in total. The molecular formula is C14H20O4. The summed E-state index contributed by atoms with van der Waals surface area (Å²) in [5.74, 6) is -0.448. The molecule has 0 aromatic heterocycles. The molecule has 4 nitrogen and oxygen atoms in total. The molecule has 1 atom stereocenters. The molecule has 0 saturated heterocycles. The SMILES string of the molecule is COC(C)CCOOC(=O)c1c(C)cccc1C. The van der Waals surface area contributed by atoms with Gasteiger partial charge in [0.05, 0.1) is 18.3 Å². The third-order valence-corrected chi connectivity index (χ3v) is 2.83. The monoisotopic (exact) mass is 252 g/mol. The minimum atomic E-state index is -0.448. The van der Waals surface area contributed by atoms with Gasteiger partial charge < -0.3 is 4.74 Å². The van der Waals surface area contributed by atoms with E-state index in [1.54, 1.807) is 7.11 Å². The Labute approximate surface area is 108 Å². The van der Waals surface area contributed by atoms with Gasteiger partial charge in [-0.15, -0.1) is 0 Å². The van der Waals surface area contributed by atoms with E-state index in [1.807, 2.05) is 39.0 Å². The van der Waals surface area contributed by atoms with Gasteiger partial charge in [-0.1, -0.05) is 18.2 Å². The van der Waals surface area contributed by atoms with E-state index >= 15 is 0 Å². The van der Waals surface area contributed by atoms with Crippen molar-refractivity contribution in [3.63, 3.8) is 0 Å². The molecule has 0 aliphatic carbocycles. The summed E-state index contributed by atoms with van der Waals surface area (Å²) in [5, 5.41) is 0. The molecule has 0 spiro atoms. The molecule has 100 valence electrons. The van der Waals surface area contributed by atoms with Crippen molar-refractivity contribution in [3.05, 3.63) is 34.9 Å². The first-order valence-corrected chi connectivity index (χ1v) is 5.99. The second-order valence-electron chi connectivity index (χ2n) is 4.29. The number of hydrogen-bond acceptors (Lipinski definition) is 4. The fraction of sp³-hybridized carbons (Fsp3) is 0.500. The Balaban J connectivity index is 2.46. The number of carbonyl (C=O) groups excluding carboxylic acids is 1. The fourth-order valence-corrected chi connectivity index (χ4v) is 1.61. The van der Waals surface area contributed by atoms with Gasteiger partial charge in [0.25, 0.3) is 0 Å². The van der Waals surface area contributed by atoms with E-state index in [1.165, 1.54) is 0 Å². The highest BCUT2D eigenvalue weighted by Gasteiger charge is 2.14. The first kappa shape index (κ1) is 14.7. The number of carbonyl (C=O) groups is 1. The van der Waals surface area contributed by atoms with E-state index < -0.39 is 5.97 Å². The zero-order chi connectivity index (χ0) is 13.5. The highest BCUT2D eigenvalue weighted by molar-refractivity contribution is 5.92. The molecule has 0 heterocycles. The van der Waals surface area contributed by atoms with E-state index in [-0.39, 0.29) is 6.10 Å². The quantitative estimate of drug-likeness (QED) is 0.443. The molecule has 4 heteroatoms. The lowest BCUT2D eigenvalue weighted by molar-refractivity contribution is -0.244. The largest absolute Gasteiger partial charge is 0.382 e. The van der Waals surface area contributed by atoms with Gasteiger partial charge in [-0.05, 0) is 31.9 Å². The second-order valence-corrected chi connectivity index (χ2v) is 4.29. The van der Waals surface area contributed by atoms with Crippen molar-refractivity contribution in [1.82, 2.24) is 0 Å². The van der Waals surface area contributed by atoms with Crippen LogP contribution in [0.5, 0.6) is 0 Å². The molecule has 0 fully saturated rings. The van der Waals surface area contributed by atoms with E-state index in [0.29, 0.717) is 18.6 Å². The van der Waals surface area contributed by atoms with Crippen LogP contribution in [0.4, 0.5) is 0 Å². The third-order valence-electron chi connectivity index (χ3n) is 2.83. The summed E-state index contributed by atoms with van der Waals surface area (Å²) in [6.07, 6.45) is 0.764. The summed E-state index contributed by atoms with van der Waals surface area (Å²) in [6, 6.07) is 5.65. The van der Waals surface area contributed by atoms with Crippen LogP contribution in [0.25, 0.3) is 0 Å². The van der Waals surface area contributed by atoms with Crippen molar-refractivity contribution in [2.24, 2.45) is 0 Å². The number of hydrogen-bond donors (Lipinski definition) is 0. The molecule has 18 heavy (non-hydrogen) atoms. The second kappa shape index (κ2) is 7.13. The zero-order valence-electron chi connectivity index (χ0n) is 11.4. The molecular weight excluding hydrogens is 232 g/mol. The Kier molecular flexibility index (Phi) is 5.82. The van der Waals surface area contributed by atoms with Crippen LogP contribution in [-0.4, -0.2) is 25.8 Å². The zero-order valence-corrected chi connectivity index (χ0v) is 11.4. The average molecular weight is 252 g/mol. The van der Waals surface area contributed by atoms with Gasteiger partial charge >= 0.3 is 5.97 Å². The molecule has 1 aromatic carbocycles. The van der Waals surface area contributed by atoms with Crippen molar-refractivity contribution < 1.29 is 19.3 Å². The summed E-state index contributed by atoms with van der Waals surface area (Å²) in [7, 11) is 1.63. The minimum Gasteiger partial charge on any atom is -0.382 e. The maximum Gasteiger partial charge on any atom is 0.373 e. The summed E-state index contributed by atoms with van der Waals surface area (Å²) in [6.45, 7) is 6.00. The Hall–Kier alpha value is -1.39. The van der Waals surface area contributed by atoms with Crippen molar-refractivity contribution in [3.8, 4) is 0 Å². The Morgan fingerprint density at radius 1 is 1.28 bits per heavy atom.